The Morgan fingerprint density at radius 1 is 0.960 bits per heavy atom. The molecule has 1 fully saturated rings. The Kier molecular flexibility index (Phi) is 4.46. The highest BCUT2D eigenvalue weighted by Crippen LogP contribution is 2.35. The van der Waals surface area contributed by atoms with Crippen molar-refractivity contribution in [1.29, 1.82) is 0 Å². The Hall–Kier alpha value is -2.69. The van der Waals surface area contributed by atoms with Gasteiger partial charge >= 0.3 is 0 Å². The highest BCUT2D eigenvalue weighted by atomic mass is 15.3. The SMILES string of the molecule is CN(c1ccc(-n2ccnc2)nn1)C1CCC(c2ccccc2)CC1. The highest BCUT2D eigenvalue weighted by Gasteiger charge is 2.25. The number of hydrogen-bond donors (Lipinski definition) is 0. The van der Waals surface area contributed by atoms with Gasteiger partial charge in [0.25, 0.3) is 0 Å². The minimum absolute atomic E-state index is 0.536. The third-order valence-electron chi connectivity index (χ3n) is 5.28. The molecule has 1 saturated carbocycles. The summed E-state index contributed by atoms with van der Waals surface area (Å²) in [5.74, 6) is 2.43. The van der Waals surface area contributed by atoms with Crippen LogP contribution in [0.5, 0.6) is 0 Å². The molecule has 0 saturated heterocycles. The highest BCUT2D eigenvalue weighted by molar-refractivity contribution is 5.40. The van der Waals surface area contributed by atoms with E-state index in [-0.39, 0.29) is 0 Å². The minimum Gasteiger partial charge on any atom is -0.355 e. The van der Waals surface area contributed by atoms with Gasteiger partial charge in [-0.1, -0.05) is 30.3 Å². The topological polar surface area (TPSA) is 46.8 Å². The number of benzene rings is 1. The first kappa shape index (κ1) is 15.8. The first-order valence-electron chi connectivity index (χ1n) is 8.91. The molecule has 0 aliphatic heterocycles. The summed E-state index contributed by atoms with van der Waals surface area (Å²) in [6.07, 6.45) is 10.2. The second kappa shape index (κ2) is 7.05. The molecule has 0 amide bonds. The van der Waals surface area contributed by atoms with Crippen molar-refractivity contribution in [2.45, 2.75) is 37.6 Å². The number of anilines is 1. The van der Waals surface area contributed by atoms with E-state index in [1.54, 1.807) is 12.5 Å². The van der Waals surface area contributed by atoms with E-state index in [9.17, 15) is 0 Å². The van der Waals surface area contributed by atoms with Gasteiger partial charge in [-0.05, 0) is 49.3 Å². The smallest absolute Gasteiger partial charge is 0.160 e. The van der Waals surface area contributed by atoms with Gasteiger partial charge in [-0.3, -0.25) is 4.57 Å². The van der Waals surface area contributed by atoms with E-state index in [0.29, 0.717) is 12.0 Å². The summed E-state index contributed by atoms with van der Waals surface area (Å²) in [5, 5.41) is 8.75. The van der Waals surface area contributed by atoms with Gasteiger partial charge in [0, 0.05) is 25.5 Å². The van der Waals surface area contributed by atoms with Gasteiger partial charge in [-0.2, -0.15) is 0 Å². The van der Waals surface area contributed by atoms with E-state index in [2.05, 4.69) is 57.5 Å². The van der Waals surface area contributed by atoms with Gasteiger partial charge in [0.1, 0.15) is 6.33 Å². The van der Waals surface area contributed by atoms with Crippen LogP contribution in [-0.2, 0) is 0 Å². The van der Waals surface area contributed by atoms with Gasteiger partial charge in [0.05, 0.1) is 0 Å². The maximum Gasteiger partial charge on any atom is 0.160 e. The van der Waals surface area contributed by atoms with Gasteiger partial charge in [-0.25, -0.2) is 4.98 Å². The van der Waals surface area contributed by atoms with Crippen LogP contribution in [0.1, 0.15) is 37.2 Å². The molecule has 1 aliphatic carbocycles. The molecule has 25 heavy (non-hydrogen) atoms. The third kappa shape index (κ3) is 3.40. The Morgan fingerprint density at radius 3 is 2.40 bits per heavy atom. The first-order valence-corrected chi connectivity index (χ1v) is 8.91. The monoisotopic (exact) mass is 333 g/mol. The lowest BCUT2D eigenvalue weighted by molar-refractivity contribution is 0.384. The third-order valence-corrected chi connectivity index (χ3v) is 5.28. The van der Waals surface area contributed by atoms with E-state index in [1.165, 1.54) is 31.2 Å². The Bertz CT molecular complexity index is 775. The standard InChI is InChI=1S/C20H23N5/c1-24(19-11-12-20(23-22-19)25-14-13-21-15-25)18-9-7-17(8-10-18)16-5-3-2-4-6-16/h2-6,11-15,17-18H,7-10H2,1H3. The summed E-state index contributed by atoms with van der Waals surface area (Å²) in [6.45, 7) is 0. The fourth-order valence-electron chi connectivity index (χ4n) is 3.75. The average Bonchev–Trinajstić information content (AvgIpc) is 3.23. The molecular formula is C20H23N5. The molecule has 128 valence electrons. The molecule has 1 aliphatic rings. The lowest BCUT2D eigenvalue weighted by atomic mass is 9.81. The number of rotatable bonds is 4. The van der Waals surface area contributed by atoms with Crippen LogP contribution in [0.25, 0.3) is 5.82 Å². The zero-order valence-electron chi connectivity index (χ0n) is 14.5. The molecule has 2 heterocycles. The second-order valence-corrected chi connectivity index (χ2v) is 6.75. The van der Waals surface area contributed by atoms with Gasteiger partial charge < -0.3 is 4.90 Å². The average molecular weight is 333 g/mol. The van der Waals surface area contributed by atoms with E-state index >= 15 is 0 Å². The van der Waals surface area contributed by atoms with Crippen LogP contribution < -0.4 is 4.90 Å². The van der Waals surface area contributed by atoms with Crippen LogP contribution in [0.15, 0.2) is 61.2 Å². The van der Waals surface area contributed by atoms with Crippen LogP contribution in [0.3, 0.4) is 0 Å². The number of aromatic nitrogens is 4. The summed E-state index contributed by atoms with van der Waals surface area (Å²) in [7, 11) is 2.13. The van der Waals surface area contributed by atoms with E-state index < -0.39 is 0 Å². The lowest BCUT2D eigenvalue weighted by Crippen LogP contribution is -2.35. The van der Waals surface area contributed by atoms with Crippen molar-refractivity contribution in [2.75, 3.05) is 11.9 Å². The van der Waals surface area contributed by atoms with Crippen LogP contribution in [0, 0.1) is 0 Å². The van der Waals surface area contributed by atoms with Crippen LogP contribution in [0.4, 0.5) is 5.82 Å². The summed E-state index contributed by atoms with van der Waals surface area (Å²) in [5.41, 5.74) is 1.48. The zero-order valence-corrected chi connectivity index (χ0v) is 14.5. The molecule has 5 heteroatoms. The van der Waals surface area contributed by atoms with Crippen molar-refractivity contribution >= 4 is 5.82 Å². The molecule has 0 atom stereocenters. The molecule has 0 bridgehead atoms. The summed E-state index contributed by atoms with van der Waals surface area (Å²) in [6, 6.07) is 15.5. The maximum atomic E-state index is 4.41. The van der Waals surface area contributed by atoms with Crippen LogP contribution in [0.2, 0.25) is 0 Å². The molecule has 2 aromatic heterocycles. The van der Waals surface area contributed by atoms with Crippen molar-refractivity contribution in [1.82, 2.24) is 19.7 Å². The number of nitrogens with zero attached hydrogens (tertiary/aromatic N) is 5. The molecule has 0 unspecified atom stereocenters. The molecule has 0 spiro atoms. The number of imidazole rings is 1. The second-order valence-electron chi connectivity index (χ2n) is 6.75. The Morgan fingerprint density at radius 2 is 1.76 bits per heavy atom. The maximum absolute atomic E-state index is 4.41. The normalized spacial score (nSPS) is 20.4. The zero-order chi connectivity index (χ0) is 17.1. The fourth-order valence-corrected chi connectivity index (χ4v) is 3.75. The van der Waals surface area contributed by atoms with Crippen molar-refractivity contribution in [3.8, 4) is 5.82 Å². The number of hydrogen-bond acceptors (Lipinski definition) is 4. The van der Waals surface area contributed by atoms with E-state index in [4.69, 9.17) is 0 Å². The molecule has 0 radical (unpaired) electrons. The van der Waals surface area contributed by atoms with Gasteiger partial charge in [0.15, 0.2) is 11.6 Å². The van der Waals surface area contributed by atoms with Gasteiger partial charge in [0.2, 0.25) is 0 Å². The van der Waals surface area contributed by atoms with Crippen LogP contribution >= 0.6 is 0 Å². The van der Waals surface area contributed by atoms with Crippen molar-refractivity contribution in [3.63, 3.8) is 0 Å². The minimum atomic E-state index is 0.536. The molecule has 1 aromatic carbocycles. The summed E-state index contributed by atoms with van der Waals surface area (Å²) >= 11 is 0. The molecule has 3 aromatic rings. The fraction of sp³-hybridized carbons (Fsp3) is 0.350. The van der Waals surface area contributed by atoms with E-state index in [1.807, 2.05) is 22.9 Å². The predicted octanol–water partition coefficient (Wildman–Crippen LogP) is 3.82. The Balaban J connectivity index is 1.39. The van der Waals surface area contributed by atoms with Crippen LogP contribution in [-0.4, -0.2) is 32.8 Å². The quantitative estimate of drug-likeness (QED) is 0.728. The van der Waals surface area contributed by atoms with Gasteiger partial charge in [-0.15, -0.1) is 10.2 Å². The molecule has 4 rings (SSSR count). The molecule has 0 N–H and O–H groups in total. The van der Waals surface area contributed by atoms with Crippen molar-refractivity contribution in [3.05, 3.63) is 66.7 Å². The predicted molar refractivity (Wildman–Crippen MR) is 99.0 cm³/mol. The summed E-state index contributed by atoms with van der Waals surface area (Å²) in [4.78, 5) is 6.33. The Labute approximate surface area is 148 Å². The molecular weight excluding hydrogens is 310 g/mol. The van der Waals surface area contributed by atoms with Crippen molar-refractivity contribution < 1.29 is 0 Å². The molecule has 5 nitrogen and oxygen atoms in total. The van der Waals surface area contributed by atoms with Crippen molar-refractivity contribution in [2.24, 2.45) is 0 Å². The van der Waals surface area contributed by atoms with E-state index in [0.717, 1.165) is 11.6 Å². The summed E-state index contributed by atoms with van der Waals surface area (Å²) < 4.78 is 1.86. The first-order chi connectivity index (χ1) is 12.3. The lowest BCUT2D eigenvalue weighted by Gasteiger charge is -2.35. The largest absolute Gasteiger partial charge is 0.355 e.